The number of aromatic carboxylic acids is 1. The second kappa shape index (κ2) is 8.35. The number of alkyl halides is 3. The third kappa shape index (κ3) is 5.22. The number of phenols is 1. The van der Waals surface area contributed by atoms with Crippen LogP contribution in [-0.2, 0) is 6.18 Å². The van der Waals surface area contributed by atoms with E-state index >= 15 is 0 Å². The SMILES string of the molecule is CC(Nc1ccc(O)c(C(=O)O)c1)c1ccc(C(F)(F)F)cc1.[H-].[K+]. The van der Waals surface area contributed by atoms with Crippen LogP contribution in [0.4, 0.5) is 18.9 Å². The number of rotatable bonds is 4. The van der Waals surface area contributed by atoms with Gasteiger partial charge in [-0.3, -0.25) is 0 Å². The summed E-state index contributed by atoms with van der Waals surface area (Å²) in [7, 11) is 0. The van der Waals surface area contributed by atoms with E-state index in [1.165, 1.54) is 30.3 Å². The first kappa shape index (κ1) is 21.0. The van der Waals surface area contributed by atoms with Gasteiger partial charge in [0.1, 0.15) is 11.3 Å². The maximum atomic E-state index is 12.5. The molecule has 0 fully saturated rings. The van der Waals surface area contributed by atoms with E-state index in [1.54, 1.807) is 6.92 Å². The van der Waals surface area contributed by atoms with E-state index in [2.05, 4.69) is 5.32 Å². The fraction of sp³-hybridized carbons (Fsp3) is 0.188. The Labute approximate surface area is 180 Å². The molecule has 8 heteroatoms. The van der Waals surface area contributed by atoms with Crippen molar-refractivity contribution in [1.29, 1.82) is 0 Å². The summed E-state index contributed by atoms with van der Waals surface area (Å²) in [5.41, 5.74) is 0.0661. The van der Waals surface area contributed by atoms with Crippen LogP contribution in [0.5, 0.6) is 5.75 Å². The van der Waals surface area contributed by atoms with Gasteiger partial charge in [-0.1, -0.05) is 12.1 Å². The molecule has 2 aromatic rings. The molecule has 0 aliphatic heterocycles. The van der Waals surface area contributed by atoms with Crippen LogP contribution in [0.25, 0.3) is 0 Å². The zero-order chi connectivity index (χ0) is 17.2. The molecule has 3 N–H and O–H groups in total. The van der Waals surface area contributed by atoms with Crippen molar-refractivity contribution >= 4 is 11.7 Å². The van der Waals surface area contributed by atoms with Gasteiger partial charge in [0.25, 0.3) is 0 Å². The van der Waals surface area contributed by atoms with Gasteiger partial charge in [-0.2, -0.15) is 13.2 Å². The number of aromatic hydroxyl groups is 1. The molecular formula is C16H15F3KNO3. The summed E-state index contributed by atoms with van der Waals surface area (Å²) in [5, 5.41) is 21.4. The number of anilines is 1. The summed E-state index contributed by atoms with van der Waals surface area (Å²) in [4.78, 5) is 11.0. The number of benzene rings is 2. The quantitative estimate of drug-likeness (QED) is 0.566. The first-order valence-electron chi connectivity index (χ1n) is 6.68. The zero-order valence-electron chi connectivity index (χ0n) is 14.1. The molecule has 2 rings (SSSR count). The van der Waals surface area contributed by atoms with Crippen LogP contribution in [0.1, 0.15) is 35.9 Å². The topological polar surface area (TPSA) is 69.6 Å². The largest absolute Gasteiger partial charge is 1.00 e. The first-order valence-corrected chi connectivity index (χ1v) is 6.68. The Hall–Kier alpha value is -1.06. The Balaban J connectivity index is 0.00000288. The Morgan fingerprint density at radius 1 is 1.17 bits per heavy atom. The van der Waals surface area contributed by atoms with Crippen molar-refractivity contribution in [2.24, 2.45) is 0 Å². The number of halogens is 3. The van der Waals surface area contributed by atoms with Crippen molar-refractivity contribution in [2.75, 3.05) is 5.32 Å². The smallest absolute Gasteiger partial charge is 1.00 e. The molecule has 124 valence electrons. The second-order valence-electron chi connectivity index (χ2n) is 5.02. The summed E-state index contributed by atoms with van der Waals surface area (Å²) in [6, 6.07) is 8.35. The molecule has 0 saturated carbocycles. The zero-order valence-corrected chi connectivity index (χ0v) is 16.2. The summed E-state index contributed by atoms with van der Waals surface area (Å²) in [6.07, 6.45) is -4.39. The van der Waals surface area contributed by atoms with Crippen molar-refractivity contribution in [1.82, 2.24) is 0 Å². The van der Waals surface area contributed by atoms with Crippen LogP contribution in [0.3, 0.4) is 0 Å². The van der Waals surface area contributed by atoms with Crippen LogP contribution >= 0.6 is 0 Å². The fourth-order valence-corrected chi connectivity index (χ4v) is 2.09. The standard InChI is InChI=1S/C16H14F3NO3.K.H/c1-9(10-2-4-11(5-3-10)16(17,18)19)20-12-6-7-14(21)13(8-12)15(22)23;;/h2-9,20-21H,1H3,(H,22,23);;/q;+1;-1. The molecule has 0 aromatic heterocycles. The van der Waals surface area contributed by atoms with Gasteiger partial charge < -0.3 is 17.0 Å². The summed E-state index contributed by atoms with van der Waals surface area (Å²) in [6.45, 7) is 1.73. The summed E-state index contributed by atoms with van der Waals surface area (Å²) >= 11 is 0. The third-order valence-electron chi connectivity index (χ3n) is 3.35. The molecule has 0 heterocycles. The van der Waals surface area contributed by atoms with E-state index < -0.39 is 17.7 Å². The number of carbonyl (C=O) groups is 1. The van der Waals surface area contributed by atoms with Gasteiger partial charge in [0, 0.05) is 11.7 Å². The van der Waals surface area contributed by atoms with Crippen molar-refractivity contribution in [2.45, 2.75) is 19.1 Å². The molecular weight excluding hydrogens is 350 g/mol. The molecule has 0 bridgehead atoms. The minimum atomic E-state index is -4.39. The molecule has 0 saturated heterocycles. The fourth-order valence-electron chi connectivity index (χ4n) is 2.09. The summed E-state index contributed by atoms with van der Waals surface area (Å²) < 4.78 is 37.6. The van der Waals surface area contributed by atoms with E-state index in [0.717, 1.165) is 12.1 Å². The van der Waals surface area contributed by atoms with E-state index in [-0.39, 0.29) is 70.2 Å². The van der Waals surface area contributed by atoms with E-state index in [9.17, 15) is 23.1 Å². The Bertz CT molecular complexity index is 724. The third-order valence-corrected chi connectivity index (χ3v) is 3.35. The van der Waals surface area contributed by atoms with Gasteiger partial charge in [0.15, 0.2) is 0 Å². The molecule has 0 spiro atoms. The van der Waals surface area contributed by atoms with E-state index in [1.807, 2.05) is 0 Å². The molecule has 1 unspecified atom stereocenters. The molecule has 0 aliphatic rings. The van der Waals surface area contributed by atoms with Crippen molar-refractivity contribution in [3.8, 4) is 5.75 Å². The van der Waals surface area contributed by atoms with Crippen LogP contribution in [-0.4, -0.2) is 16.2 Å². The molecule has 0 amide bonds. The molecule has 1 atom stereocenters. The van der Waals surface area contributed by atoms with Gasteiger partial charge in [-0.15, -0.1) is 0 Å². The van der Waals surface area contributed by atoms with Gasteiger partial charge >= 0.3 is 63.5 Å². The van der Waals surface area contributed by atoms with Crippen LogP contribution in [0.2, 0.25) is 0 Å². The minimum Gasteiger partial charge on any atom is -1.00 e. The second-order valence-corrected chi connectivity index (χ2v) is 5.02. The van der Waals surface area contributed by atoms with Crippen LogP contribution in [0.15, 0.2) is 42.5 Å². The van der Waals surface area contributed by atoms with Gasteiger partial charge in [0.05, 0.1) is 5.56 Å². The molecule has 4 nitrogen and oxygen atoms in total. The monoisotopic (exact) mass is 365 g/mol. The average molecular weight is 365 g/mol. The Kier molecular flexibility index (Phi) is 7.30. The predicted molar refractivity (Wildman–Crippen MR) is 79.7 cm³/mol. The number of nitrogens with one attached hydrogen (secondary N) is 1. The number of carboxylic acid groups (broad SMARTS) is 1. The van der Waals surface area contributed by atoms with Crippen molar-refractivity contribution in [3.63, 3.8) is 0 Å². The van der Waals surface area contributed by atoms with Crippen molar-refractivity contribution in [3.05, 3.63) is 59.2 Å². The molecule has 0 aliphatic carbocycles. The number of carboxylic acids is 1. The van der Waals surface area contributed by atoms with E-state index in [4.69, 9.17) is 5.11 Å². The number of hydrogen-bond donors (Lipinski definition) is 3. The summed E-state index contributed by atoms with van der Waals surface area (Å²) in [5.74, 6) is -1.63. The van der Waals surface area contributed by atoms with Gasteiger partial charge in [-0.05, 0) is 42.8 Å². The first-order chi connectivity index (χ1) is 10.7. The molecule has 24 heavy (non-hydrogen) atoms. The van der Waals surface area contributed by atoms with Gasteiger partial charge in [0.2, 0.25) is 0 Å². The van der Waals surface area contributed by atoms with Gasteiger partial charge in [-0.25, -0.2) is 4.79 Å². The Morgan fingerprint density at radius 2 is 1.75 bits per heavy atom. The predicted octanol–water partition coefficient (Wildman–Crippen LogP) is 1.40. The van der Waals surface area contributed by atoms with Crippen LogP contribution in [0, 0.1) is 0 Å². The van der Waals surface area contributed by atoms with E-state index in [0.29, 0.717) is 11.3 Å². The van der Waals surface area contributed by atoms with Crippen molar-refractivity contribution < 1.29 is 81.0 Å². The maximum Gasteiger partial charge on any atom is 1.00 e. The molecule has 0 radical (unpaired) electrons. The van der Waals surface area contributed by atoms with Crippen LogP contribution < -0.4 is 56.7 Å². The Morgan fingerprint density at radius 3 is 2.25 bits per heavy atom. The molecule has 2 aromatic carbocycles. The average Bonchev–Trinajstić information content (AvgIpc) is 2.48. The normalized spacial score (nSPS) is 12.2. The number of hydrogen-bond acceptors (Lipinski definition) is 3. The minimum absolute atomic E-state index is 0. The maximum absolute atomic E-state index is 12.5.